The average Bonchev–Trinajstić information content (AvgIpc) is 2.57. The Labute approximate surface area is 153 Å². The molecule has 0 N–H and O–H groups in total. The van der Waals surface area contributed by atoms with Crippen LogP contribution in [0.4, 0.5) is 0 Å². The molecule has 1 aliphatic heterocycles. The fourth-order valence-electron chi connectivity index (χ4n) is 3.24. The minimum absolute atomic E-state index is 0.0969. The quantitative estimate of drug-likeness (QED) is 0.395. The van der Waals surface area contributed by atoms with E-state index in [1.54, 1.807) is 0 Å². The minimum atomic E-state index is -1.78. The van der Waals surface area contributed by atoms with Gasteiger partial charge in [-0.3, -0.25) is 9.59 Å². The van der Waals surface area contributed by atoms with Crippen molar-refractivity contribution in [3.63, 3.8) is 0 Å². The van der Waals surface area contributed by atoms with Gasteiger partial charge in [0.2, 0.25) is 0 Å². The number of hydrogen-bond acceptors (Lipinski definition) is 5. The summed E-state index contributed by atoms with van der Waals surface area (Å²) in [5.74, 6) is -0.447. The maximum Gasteiger partial charge on any atom is 0.308 e. The molecule has 0 aromatic heterocycles. The standard InChI is InChI=1S/C19H34O5Si/c1-5-25(6-2,7-3)24-18-13-10-12-17(23-16(4)20)11-8-9-14-22-19(21)15-18/h8,11,17-18H,5-7,9-10,12-15H2,1-4H3/b11-8-. The second-order valence-corrected chi connectivity index (χ2v) is 11.4. The summed E-state index contributed by atoms with van der Waals surface area (Å²) >= 11 is 0. The van der Waals surface area contributed by atoms with Crippen molar-refractivity contribution in [2.24, 2.45) is 0 Å². The first-order valence-electron chi connectivity index (χ1n) is 9.62. The third-order valence-electron chi connectivity index (χ3n) is 4.97. The van der Waals surface area contributed by atoms with E-state index in [0.29, 0.717) is 19.4 Å². The van der Waals surface area contributed by atoms with Crippen LogP contribution in [0, 0.1) is 0 Å². The van der Waals surface area contributed by atoms with Crippen LogP contribution in [0.1, 0.15) is 59.8 Å². The van der Waals surface area contributed by atoms with E-state index in [9.17, 15) is 9.59 Å². The smallest absolute Gasteiger partial charge is 0.308 e. The van der Waals surface area contributed by atoms with Gasteiger partial charge < -0.3 is 13.9 Å². The third kappa shape index (κ3) is 8.18. The molecule has 0 aromatic rings. The van der Waals surface area contributed by atoms with Crippen LogP contribution in [0.5, 0.6) is 0 Å². The minimum Gasteiger partial charge on any atom is -0.465 e. The zero-order valence-corrected chi connectivity index (χ0v) is 17.2. The highest BCUT2D eigenvalue weighted by atomic mass is 28.4. The molecule has 144 valence electrons. The van der Waals surface area contributed by atoms with Crippen LogP contribution < -0.4 is 0 Å². The van der Waals surface area contributed by atoms with Gasteiger partial charge in [0.15, 0.2) is 8.32 Å². The normalized spacial score (nSPS) is 24.6. The van der Waals surface area contributed by atoms with Gasteiger partial charge in [0.1, 0.15) is 6.10 Å². The van der Waals surface area contributed by atoms with Crippen LogP contribution in [0.25, 0.3) is 0 Å². The Morgan fingerprint density at radius 2 is 1.92 bits per heavy atom. The molecule has 5 nitrogen and oxygen atoms in total. The monoisotopic (exact) mass is 370 g/mol. The maximum atomic E-state index is 12.1. The van der Waals surface area contributed by atoms with E-state index in [0.717, 1.165) is 37.4 Å². The van der Waals surface area contributed by atoms with Gasteiger partial charge in [-0.1, -0.05) is 26.8 Å². The SMILES string of the molecule is CC[Si](CC)(CC)OC1CCCC(OC(C)=O)/C=C\CCOC(=O)C1. The number of carbonyl (C=O) groups is 2. The lowest BCUT2D eigenvalue weighted by Gasteiger charge is -2.33. The van der Waals surface area contributed by atoms with Crippen LogP contribution >= 0.6 is 0 Å². The van der Waals surface area contributed by atoms with Gasteiger partial charge in [-0.05, 0) is 49.9 Å². The summed E-state index contributed by atoms with van der Waals surface area (Å²) in [4.78, 5) is 23.3. The Morgan fingerprint density at radius 3 is 2.52 bits per heavy atom. The molecule has 0 bridgehead atoms. The highest BCUT2D eigenvalue weighted by Crippen LogP contribution is 2.27. The Balaban J connectivity index is 2.79. The fraction of sp³-hybridized carbons (Fsp3) is 0.789. The Hall–Kier alpha value is -1.14. The summed E-state index contributed by atoms with van der Waals surface area (Å²) in [6.45, 7) is 8.35. The molecular formula is C19H34O5Si. The fourth-order valence-corrected chi connectivity index (χ4v) is 6.15. The molecular weight excluding hydrogens is 336 g/mol. The maximum absolute atomic E-state index is 12.1. The molecule has 0 saturated heterocycles. The highest BCUT2D eigenvalue weighted by Gasteiger charge is 2.33. The van der Waals surface area contributed by atoms with Crippen LogP contribution in [0.3, 0.4) is 0 Å². The van der Waals surface area contributed by atoms with Gasteiger partial charge in [-0.2, -0.15) is 0 Å². The largest absolute Gasteiger partial charge is 0.465 e. The van der Waals surface area contributed by atoms with Gasteiger partial charge in [0.05, 0.1) is 19.1 Å². The van der Waals surface area contributed by atoms with Crippen molar-refractivity contribution in [3.05, 3.63) is 12.2 Å². The Morgan fingerprint density at radius 1 is 1.24 bits per heavy atom. The summed E-state index contributed by atoms with van der Waals surface area (Å²) in [6, 6.07) is 3.18. The van der Waals surface area contributed by atoms with Crippen molar-refractivity contribution in [1.82, 2.24) is 0 Å². The van der Waals surface area contributed by atoms with Crippen molar-refractivity contribution in [2.45, 2.75) is 90.1 Å². The van der Waals surface area contributed by atoms with Gasteiger partial charge >= 0.3 is 11.9 Å². The van der Waals surface area contributed by atoms with E-state index in [1.807, 2.05) is 12.2 Å². The van der Waals surface area contributed by atoms with Gasteiger partial charge in [0.25, 0.3) is 0 Å². The molecule has 1 heterocycles. The number of hydrogen-bond donors (Lipinski definition) is 0. The zero-order chi connectivity index (χ0) is 18.7. The van der Waals surface area contributed by atoms with E-state index >= 15 is 0 Å². The van der Waals surface area contributed by atoms with E-state index in [2.05, 4.69) is 20.8 Å². The van der Waals surface area contributed by atoms with E-state index in [1.165, 1.54) is 6.92 Å². The molecule has 2 unspecified atom stereocenters. The first kappa shape index (κ1) is 21.9. The number of carbonyl (C=O) groups excluding carboxylic acids is 2. The molecule has 0 amide bonds. The molecule has 0 aliphatic carbocycles. The molecule has 0 spiro atoms. The summed E-state index contributed by atoms with van der Waals surface area (Å²) in [5, 5.41) is 0. The summed E-state index contributed by atoms with van der Waals surface area (Å²) in [5.41, 5.74) is 0. The molecule has 1 aliphatic rings. The number of esters is 2. The average molecular weight is 371 g/mol. The summed E-state index contributed by atoms with van der Waals surface area (Å²) in [7, 11) is -1.78. The second-order valence-electron chi connectivity index (χ2n) is 6.70. The Bertz CT molecular complexity index is 437. The number of ether oxygens (including phenoxy) is 2. The van der Waals surface area contributed by atoms with Crippen molar-refractivity contribution >= 4 is 20.3 Å². The third-order valence-corrected chi connectivity index (χ3v) is 9.67. The van der Waals surface area contributed by atoms with E-state index in [-0.39, 0.29) is 24.1 Å². The predicted molar refractivity (Wildman–Crippen MR) is 101 cm³/mol. The van der Waals surface area contributed by atoms with Crippen molar-refractivity contribution in [3.8, 4) is 0 Å². The Kier molecular flexibility index (Phi) is 10.0. The molecule has 2 atom stereocenters. The van der Waals surface area contributed by atoms with Gasteiger partial charge in [0, 0.05) is 6.92 Å². The van der Waals surface area contributed by atoms with Crippen molar-refractivity contribution in [2.75, 3.05) is 6.61 Å². The van der Waals surface area contributed by atoms with Crippen molar-refractivity contribution < 1.29 is 23.5 Å². The summed E-state index contributed by atoms with van der Waals surface area (Å²) in [6.07, 6.45) is 6.85. The van der Waals surface area contributed by atoms with E-state index in [4.69, 9.17) is 13.9 Å². The molecule has 25 heavy (non-hydrogen) atoms. The molecule has 0 radical (unpaired) electrons. The second kappa shape index (κ2) is 11.5. The van der Waals surface area contributed by atoms with Crippen LogP contribution in [0.15, 0.2) is 12.2 Å². The number of rotatable bonds is 6. The van der Waals surface area contributed by atoms with Gasteiger partial charge in [-0.25, -0.2) is 0 Å². The highest BCUT2D eigenvalue weighted by molar-refractivity contribution is 6.73. The topological polar surface area (TPSA) is 61.8 Å². The predicted octanol–water partition coefficient (Wildman–Crippen LogP) is 4.37. The summed E-state index contributed by atoms with van der Waals surface area (Å²) < 4.78 is 17.2. The first-order valence-corrected chi connectivity index (χ1v) is 12.1. The lowest BCUT2D eigenvalue weighted by atomic mass is 10.1. The zero-order valence-electron chi connectivity index (χ0n) is 16.2. The van der Waals surface area contributed by atoms with Crippen LogP contribution in [-0.2, 0) is 23.5 Å². The lowest BCUT2D eigenvalue weighted by molar-refractivity contribution is -0.145. The molecule has 0 saturated carbocycles. The van der Waals surface area contributed by atoms with Gasteiger partial charge in [-0.15, -0.1) is 0 Å². The van der Waals surface area contributed by atoms with Crippen LogP contribution in [0.2, 0.25) is 18.1 Å². The molecule has 0 fully saturated rings. The lowest BCUT2D eigenvalue weighted by Crippen LogP contribution is -2.40. The first-order chi connectivity index (χ1) is 11.9. The van der Waals surface area contributed by atoms with E-state index < -0.39 is 8.32 Å². The van der Waals surface area contributed by atoms with Crippen molar-refractivity contribution in [1.29, 1.82) is 0 Å². The van der Waals surface area contributed by atoms with Crippen LogP contribution in [-0.4, -0.2) is 39.1 Å². The molecule has 0 aromatic carbocycles. The molecule has 1 rings (SSSR count). The number of cyclic esters (lactones) is 1. The molecule has 6 heteroatoms.